The quantitative estimate of drug-likeness (QED) is 0.423. The lowest BCUT2D eigenvalue weighted by Gasteiger charge is -2.10. The molecule has 124 valence electrons. The van der Waals surface area contributed by atoms with Gasteiger partial charge in [0.1, 0.15) is 0 Å². The van der Waals surface area contributed by atoms with Crippen LogP contribution < -0.4 is 0 Å². The van der Waals surface area contributed by atoms with Crippen LogP contribution in [-0.4, -0.2) is 22.2 Å². The van der Waals surface area contributed by atoms with Crippen molar-refractivity contribution in [1.29, 1.82) is 0 Å². The van der Waals surface area contributed by atoms with Crippen molar-refractivity contribution >= 4 is 11.9 Å². The van der Waals surface area contributed by atoms with E-state index in [2.05, 4.69) is 6.92 Å². The maximum absolute atomic E-state index is 10.4. The van der Waals surface area contributed by atoms with E-state index in [1.807, 2.05) is 0 Å². The Hall–Kier alpha value is -1.06. The van der Waals surface area contributed by atoms with Crippen molar-refractivity contribution in [2.45, 2.75) is 90.4 Å². The van der Waals surface area contributed by atoms with Crippen molar-refractivity contribution in [2.75, 3.05) is 0 Å². The van der Waals surface area contributed by atoms with Gasteiger partial charge in [0, 0.05) is 12.8 Å². The minimum Gasteiger partial charge on any atom is -0.481 e. The molecular weight excluding hydrogens is 268 g/mol. The Morgan fingerprint density at radius 2 is 1.00 bits per heavy atom. The highest BCUT2D eigenvalue weighted by Crippen LogP contribution is 2.18. The van der Waals surface area contributed by atoms with Gasteiger partial charge in [0.05, 0.1) is 0 Å². The Morgan fingerprint density at radius 1 is 0.667 bits per heavy atom. The molecule has 0 spiro atoms. The van der Waals surface area contributed by atoms with E-state index in [1.54, 1.807) is 0 Å². The summed E-state index contributed by atoms with van der Waals surface area (Å²) in [5.41, 5.74) is 0. The van der Waals surface area contributed by atoms with Gasteiger partial charge < -0.3 is 10.2 Å². The van der Waals surface area contributed by atoms with E-state index in [4.69, 9.17) is 10.2 Å². The summed E-state index contributed by atoms with van der Waals surface area (Å²) in [7, 11) is 0. The molecule has 0 aromatic rings. The molecule has 1 unspecified atom stereocenters. The molecule has 0 aliphatic carbocycles. The SMILES string of the molecule is CC(CCCCCCCC(=O)O)CCCCCCC(=O)O. The molecule has 0 bridgehead atoms. The second-order valence-electron chi connectivity index (χ2n) is 6.15. The smallest absolute Gasteiger partial charge is 0.303 e. The number of rotatable bonds is 15. The van der Waals surface area contributed by atoms with Crippen LogP contribution in [0.5, 0.6) is 0 Å². The third kappa shape index (κ3) is 16.9. The van der Waals surface area contributed by atoms with Crippen LogP contribution in [0.25, 0.3) is 0 Å². The Morgan fingerprint density at radius 3 is 1.38 bits per heavy atom. The van der Waals surface area contributed by atoms with Crippen LogP contribution in [0.4, 0.5) is 0 Å². The lowest BCUT2D eigenvalue weighted by molar-refractivity contribution is -0.138. The highest BCUT2D eigenvalue weighted by atomic mass is 16.4. The number of aliphatic carboxylic acids is 2. The van der Waals surface area contributed by atoms with Crippen molar-refractivity contribution in [3.05, 3.63) is 0 Å². The molecule has 0 fully saturated rings. The van der Waals surface area contributed by atoms with Crippen molar-refractivity contribution in [3.8, 4) is 0 Å². The summed E-state index contributed by atoms with van der Waals surface area (Å²) in [5.74, 6) is -0.623. The topological polar surface area (TPSA) is 74.6 Å². The van der Waals surface area contributed by atoms with Gasteiger partial charge in [0.25, 0.3) is 0 Å². The monoisotopic (exact) mass is 300 g/mol. The predicted octanol–water partition coefficient (Wildman–Crippen LogP) is 4.86. The molecule has 0 saturated carbocycles. The Bertz CT molecular complexity index is 276. The highest BCUT2D eigenvalue weighted by Gasteiger charge is 2.03. The molecule has 21 heavy (non-hydrogen) atoms. The fraction of sp³-hybridized carbons (Fsp3) is 0.882. The fourth-order valence-corrected chi connectivity index (χ4v) is 2.57. The van der Waals surface area contributed by atoms with Crippen LogP contribution in [-0.2, 0) is 9.59 Å². The molecule has 4 heteroatoms. The number of carboxylic acid groups (broad SMARTS) is 2. The number of hydrogen-bond acceptors (Lipinski definition) is 2. The number of unbranched alkanes of at least 4 members (excludes halogenated alkanes) is 7. The molecule has 0 aromatic carbocycles. The molecule has 1 atom stereocenters. The van der Waals surface area contributed by atoms with E-state index < -0.39 is 11.9 Å². The molecule has 0 aromatic heterocycles. The lowest BCUT2D eigenvalue weighted by atomic mass is 9.96. The van der Waals surface area contributed by atoms with Crippen molar-refractivity contribution in [1.82, 2.24) is 0 Å². The average molecular weight is 300 g/mol. The van der Waals surface area contributed by atoms with Crippen LogP contribution in [0.3, 0.4) is 0 Å². The average Bonchev–Trinajstić information content (AvgIpc) is 2.41. The summed E-state index contributed by atoms with van der Waals surface area (Å²) in [5, 5.41) is 17.1. The zero-order chi connectivity index (χ0) is 15.9. The van der Waals surface area contributed by atoms with Gasteiger partial charge in [-0.1, -0.05) is 64.7 Å². The summed E-state index contributed by atoms with van der Waals surface area (Å²) < 4.78 is 0. The fourth-order valence-electron chi connectivity index (χ4n) is 2.57. The minimum atomic E-state index is -0.688. The Balaban J connectivity index is 3.21. The molecule has 0 aliphatic rings. The number of carbonyl (C=O) groups is 2. The molecule has 0 rings (SSSR count). The van der Waals surface area contributed by atoms with Gasteiger partial charge >= 0.3 is 11.9 Å². The van der Waals surface area contributed by atoms with E-state index in [9.17, 15) is 9.59 Å². The Labute approximate surface area is 128 Å². The first-order valence-corrected chi connectivity index (χ1v) is 8.46. The van der Waals surface area contributed by atoms with E-state index in [0.717, 1.165) is 44.4 Å². The van der Waals surface area contributed by atoms with Gasteiger partial charge in [-0.3, -0.25) is 9.59 Å². The van der Waals surface area contributed by atoms with Crippen LogP contribution >= 0.6 is 0 Å². The van der Waals surface area contributed by atoms with Gasteiger partial charge in [-0.25, -0.2) is 0 Å². The summed E-state index contributed by atoms with van der Waals surface area (Å²) >= 11 is 0. The van der Waals surface area contributed by atoms with Gasteiger partial charge in [-0.05, 0) is 18.8 Å². The summed E-state index contributed by atoms with van der Waals surface area (Å²) in [6, 6.07) is 0. The molecular formula is C17H32O4. The second kappa shape index (κ2) is 13.9. The van der Waals surface area contributed by atoms with E-state index in [0.29, 0.717) is 12.8 Å². The zero-order valence-corrected chi connectivity index (χ0v) is 13.5. The van der Waals surface area contributed by atoms with Crippen LogP contribution in [0.15, 0.2) is 0 Å². The zero-order valence-electron chi connectivity index (χ0n) is 13.5. The second-order valence-corrected chi connectivity index (χ2v) is 6.15. The maximum Gasteiger partial charge on any atom is 0.303 e. The third-order valence-electron chi connectivity index (χ3n) is 3.93. The van der Waals surface area contributed by atoms with E-state index in [-0.39, 0.29) is 0 Å². The molecule has 0 aliphatic heterocycles. The van der Waals surface area contributed by atoms with Gasteiger partial charge in [-0.2, -0.15) is 0 Å². The van der Waals surface area contributed by atoms with Crippen molar-refractivity contribution in [2.24, 2.45) is 5.92 Å². The van der Waals surface area contributed by atoms with E-state index >= 15 is 0 Å². The number of hydrogen-bond donors (Lipinski definition) is 2. The summed E-state index contributed by atoms with van der Waals surface area (Å²) in [6.45, 7) is 2.29. The molecule has 4 nitrogen and oxygen atoms in total. The number of carboxylic acids is 2. The van der Waals surface area contributed by atoms with Gasteiger partial charge in [-0.15, -0.1) is 0 Å². The first-order valence-electron chi connectivity index (χ1n) is 8.46. The largest absolute Gasteiger partial charge is 0.481 e. The minimum absolute atomic E-state index is 0.303. The lowest BCUT2D eigenvalue weighted by Crippen LogP contribution is -1.97. The third-order valence-corrected chi connectivity index (χ3v) is 3.93. The highest BCUT2D eigenvalue weighted by molar-refractivity contribution is 5.66. The van der Waals surface area contributed by atoms with Crippen molar-refractivity contribution in [3.63, 3.8) is 0 Å². The van der Waals surface area contributed by atoms with Crippen LogP contribution in [0.1, 0.15) is 90.4 Å². The molecule has 0 amide bonds. The van der Waals surface area contributed by atoms with Gasteiger partial charge in [0.15, 0.2) is 0 Å². The van der Waals surface area contributed by atoms with Crippen LogP contribution in [0.2, 0.25) is 0 Å². The Kier molecular flexibility index (Phi) is 13.2. The van der Waals surface area contributed by atoms with Gasteiger partial charge in [0.2, 0.25) is 0 Å². The standard InChI is InChI=1S/C17H32O4/c1-15(12-8-5-6-10-14-17(20)21)11-7-3-2-4-9-13-16(18)19/h15H,2-14H2,1H3,(H,18,19)(H,20,21). The van der Waals surface area contributed by atoms with Crippen LogP contribution in [0, 0.1) is 5.92 Å². The maximum atomic E-state index is 10.4. The first-order chi connectivity index (χ1) is 10.0. The predicted molar refractivity (Wildman–Crippen MR) is 84.5 cm³/mol. The molecule has 0 radical (unpaired) electrons. The molecule has 0 saturated heterocycles. The molecule has 2 N–H and O–H groups in total. The summed E-state index contributed by atoms with van der Waals surface area (Å²) in [6.07, 6.45) is 12.7. The molecule has 0 heterocycles. The normalized spacial score (nSPS) is 12.2. The van der Waals surface area contributed by atoms with E-state index in [1.165, 1.54) is 32.1 Å². The first kappa shape index (κ1) is 19.9. The van der Waals surface area contributed by atoms with Crippen molar-refractivity contribution < 1.29 is 19.8 Å². The summed E-state index contributed by atoms with van der Waals surface area (Å²) in [4.78, 5) is 20.7.